The second kappa shape index (κ2) is 6.97. The van der Waals surface area contributed by atoms with Crippen LogP contribution in [0.15, 0.2) is 27.8 Å². The standard InChI is InChI=1S/C11H14BrN3O3/c1-2-18-6-10(16)14-9-4-3-7(5-8(9)12)11(13)15-17/h3-5,17H,2,6H2,1H3,(H2,13,15)(H,14,16). The molecular weight excluding hydrogens is 302 g/mol. The molecule has 0 unspecified atom stereocenters. The molecular formula is C11H14BrN3O3. The molecule has 0 saturated carbocycles. The Bertz CT molecular complexity index is 463. The first-order chi connectivity index (χ1) is 8.58. The molecule has 1 amide bonds. The molecule has 18 heavy (non-hydrogen) atoms. The van der Waals surface area contributed by atoms with Crippen LogP contribution in [0.3, 0.4) is 0 Å². The average molecular weight is 316 g/mol. The van der Waals surface area contributed by atoms with Crippen LogP contribution in [-0.4, -0.2) is 30.2 Å². The maximum Gasteiger partial charge on any atom is 0.250 e. The third-order valence-electron chi connectivity index (χ3n) is 2.08. The minimum absolute atomic E-state index is 0.00268. The molecule has 1 rings (SSSR count). The number of halogens is 1. The van der Waals surface area contributed by atoms with Crippen LogP contribution >= 0.6 is 15.9 Å². The van der Waals surface area contributed by atoms with Crippen molar-refractivity contribution < 1.29 is 14.7 Å². The number of rotatable bonds is 5. The molecule has 98 valence electrons. The summed E-state index contributed by atoms with van der Waals surface area (Å²) in [6.07, 6.45) is 0. The van der Waals surface area contributed by atoms with Crippen LogP contribution in [0.25, 0.3) is 0 Å². The van der Waals surface area contributed by atoms with E-state index in [1.165, 1.54) is 0 Å². The van der Waals surface area contributed by atoms with Crippen LogP contribution in [0.2, 0.25) is 0 Å². The summed E-state index contributed by atoms with van der Waals surface area (Å²) in [6.45, 7) is 2.30. The fourth-order valence-electron chi connectivity index (χ4n) is 1.21. The molecule has 0 aliphatic rings. The SMILES string of the molecule is CCOCC(=O)Nc1ccc(/C(N)=N/O)cc1Br. The molecule has 0 spiro atoms. The van der Waals surface area contributed by atoms with Crippen molar-refractivity contribution in [1.29, 1.82) is 0 Å². The summed E-state index contributed by atoms with van der Waals surface area (Å²) in [5.74, 6) is -0.239. The highest BCUT2D eigenvalue weighted by molar-refractivity contribution is 9.10. The van der Waals surface area contributed by atoms with Gasteiger partial charge < -0.3 is 21.0 Å². The summed E-state index contributed by atoms with van der Waals surface area (Å²) < 4.78 is 5.62. The highest BCUT2D eigenvalue weighted by atomic mass is 79.9. The fraction of sp³-hybridized carbons (Fsp3) is 0.273. The Morgan fingerprint density at radius 1 is 1.61 bits per heavy atom. The Morgan fingerprint density at radius 2 is 2.33 bits per heavy atom. The summed E-state index contributed by atoms with van der Waals surface area (Å²) in [5.41, 5.74) is 6.59. The van der Waals surface area contributed by atoms with Gasteiger partial charge in [-0.25, -0.2) is 0 Å². The van der Waals surface area contributed by atoms with Crippen LogP contribution in [0.4, 0.5) is 5.69 Å². The molecule has 0 aliphatic heterocycles. The van der Waals surface area contributed by atoms with E-state index in [9.17, 15) is 4.79 Å². The zero-order chi connectivity index (χ0) is 13.5. The first kappa shape index (κ1) is 14.5. The molecule has 6 nitrogen and oxygen atoms in total. The van der Waals surface area contributed by atoms with Crippen LogP contribution in [0, 0.1) is 0 Å². The molecule has 0 heterocycles. The maximum atomic E-state index is 11.5. The van der Waals surface area contributed by atoms with E-state index < -0.39 is 0 Å². The number of oxime groups is 1. The first-order valence-corrected chi connectivity index (χ1v) is 6.02. The zero-order valence-corrected chi connectivity index (χ0v) is 11.4. The summed E-state index contributed by atoms with van der Waals surface area (Å²) in [4.78, 5) is 11.5. The monoisotopic (exact) mass is 315 g/mol. The third kappa shape index (κ3) is 4.01. The fourth-order valence-corrected chi connectivity index (χ4v) is 1.69. The Kier molecular flexibility index (Phi) is 5.60. The number of carbonyl (C=O) groups is 1. The molecule has 0 saturated heterocycles. The first-order valence-electron chi connectivity index (χ1n) is 5.23. The normalized spacial score (nSPS) is 11.3. The maximum absolute atomic E-state index is 11.5. The van der Waals surface area contributed by atoms with Crippen molar-refractivity contribution in [1.82, 2.24) is 0 Å². The lowest BCUT2D eigenvalue weighted by atomic mass is 10.2. The van der Waals surface area contributed by atoms with E-state index in [-0.39, 0.29) is 18.3 Å². The minimum Gasteiger partial charge on any atom is -0.409 e. The van der Waals surface area contributed by atoms with Gasteiger partial charge in [0, 0.05) is 16.6 Å². The lowest BCUT2D eigenvalue weighted by Crippen LogP contribution is -2.19. The van der Waals surface area contributed by atoms with E-state index >= 15 is 0 Å². The van der Waals surface area contributed by atoms with Gasteiger partial charge in [0.25, 0.3) is 0 Å². The van der Waals surface area contributed by atoms with E-state index in [1.807, 2.05) is 6.92 Å². The topological polar surface area (TPSA) is 96.9 Å². The molecule has 4 N–H and O–H groups in total. The predicted molar refractivity (Wildman–Crippen MR) is 71.8 cm³/mol. The summed E-state index contributed by atoms with van der Waals surface area (Å²) in [7, 11) is 0. The number of benzene rings is 1. The number of anilines is 1. The van der Waals surface area contributed by atoms with Crippen molar-refractivity contribution in [3.05, 3.63) is 28.2 Å². The summed E-state index contributed by atoms with van der Waals surface area (Å²) in [5, 5.41) is 14.1. The molecule has 0 fully saturated rings. The van der Waals surface area contributed by atoms with Gasteiger partial charge in [0.15, 0.2) is 5.84 Å². The number of hydrogen-bond acceptors (Lipinski definition) is 4. The van der Waals surface area contributed by atoms with Gasteiger partial charge in [-0.1, -0.05) is 5.16 Å². The summed E-state index contributed by atoms with van der Waals surface area (Å²) >= 11 is 3.29. The van der Waals surface area contributed by atoms with E-state index in [1.54, 1.807) is 18.2 Å². The third-order valence-corrected chi connectivity index (χ3v) is 2.74. The molecule has 1 aromatic rings. The second-order valence-corrected chi connectivity index (χ2v) is 4.22. The molecule has 0 atom stereocenters. The van der Waals surface area contributed by atoms with Crippen LogP contribution in [0.1, 0.15) is 12.5 Å². The van der Waals surface area contributed by atoms with Crippen molar-refractivity contribution in [2.75, 3.05) is 18.5 Å². The smallest absolute Gasteiger partial charge is 0.250 e. The van der Waals surface area contributed by atoms with Crippen molar-refractivity contribution >= 4 is 33.4 Å². The van der Waals surface area contributed by atoms with Gasteiger partial charge in [-0.05, 0) is 41.1 Å². The van der Waals surface area contributed by atoms with Gasteiger partial charge in [-0.2, -0.15) is 0 Å². The Morgan fingerprint density at radius 3 is 2.89 bits per heavy atom. The molecule has 0 aromatic heterocycles. The molecule has 0 radical (unpaired) electrons. The van der Waals surface area contributed by atoms with Crippen molar-refractivity contribution in [3.63, 3.8) is 0 Å². The number of carbonyl (C=O) groups excluding carboxylic acids is 1. The van der Waals surface area contributed by atoms with E-state index in [2.05, 4.69) is 26.4 Å². The molecule has 0 aliphatic carbocycles. The van der Waals surface area contributed by atoms with Gasteiger partial charge in [-0.3, -0.25) is 4.79 Å². The summed E-state index contributed by atoms with van der Waals surface area (Å²) in [6, 6.07) is 4.93. The second-order valence-electron chi connectivity index (χ2n) is 3.37. The number of nitrogens with one attached hydrogen (secondary N) is 1. The number of amides is 1. The number of ether oxygens (including phenoxy) is 1. The highest BCUT2D eigenvalue weighted by Gasteiger charge is 2.07. The van der Waals surface area contributed by atoms with Gasteiger partial charge in [0.2, 0.25) is 5.91 Å². The van der Waals surface area contributed by atoms with Gasteiger partial charge in [0.05, 0.1) is 5.69 Å². The van der Waals surface area contributed by atoms with Crippen molar-refractivity contribution in [2.45, 2.75) is 6.92 Å². The Hall–Kier alpha value is -1.60. The Labute approximate surface area is 113 Å². The lowest BCUT2D eigenvalue weighted by molar-refractivity contribution is -0.120. The van der Waals surface area contributed by atoms with Gasteiger partial charge >= 0.3 is 0 Å². The number of hydrogen-bond donors (Lipinski definition) is 3. The minimum atomic E-state index is -0.242. The number of nitrogens with two attached hydrogens (primary N) is 1. The van der Waals surface area contributed by atoms with Crippen LogP contribution in [-0.2, 0) is 9.53 Å². The zero-order valence-electron chi connectivity index (χ0n) is 9.81. The van der Waals surface area contributed by atoms with Crippen LogP contribution in [0.5, 0.6) is 0 Å². The van der Waals surface area contributed by atoms with Crippen molar-refractivity contribution in [2.24, 2.45) is 10.9 Å². The quantitative estimate of drug-likeness (QED) is 0.332. The van der Waals surface area contributed by atoms with Crippen LogP contribution < -0.4 is 11.1 Å². The highest BCUT2D eigenvalue weighted by Crippen LogP contribution is 2.23. The average Bonchev–Trinajstić information content (AvgIpc) is 2.37. The lowest BCUT2D eigenvalue weighted by Gasteiger charge is -2.08. The number of nitrogens with zero attached hydrogens (tertiary/aromatic N) is 1. The van der Waals surface area contributed by atoms with Gasteiger partial charge in [-0.15, -0.1) is 0 Å². The van der Waals surface area contributed by atoms with E-state index in [0.717, 1.165) is 0 Å². The van der Waals surface area contributed by atoms with Gasteiger partial charge in [0.1, 0.15) is 6.61 Å². The molecule has 7 heteroatoms. The largest absolute Gasteiger partial charge is 0.409 e. The van der Waals surface area contributed by atoms with Crippen molar-refractivity contribution in [3.8, 4) is 0 Å². The van der Waals surface area contributed by atoms with E-state index in [0.29, 0.717) is 22.3 Å². The Balaban J connectivity index is 2.77. The molecule has 0 bridgehead atoms. The predicted octanol–water partition coefficient (Wildman–Crippen LogP) is 1.52. The van der Waals surface area contributed by atoms with E-state index in [4.69, 9.17) is 15.7 Å². The molecule has 1 aromatic carbocycles. The number of amidine groups is 1.